The summed E-state index contributed by atoms with van der Waals surface area (Å²) in [5.41, 5.74) is 1.39. The van der Waals surface area contributed by atoms with E-state index >= 15 is 0 Å². The molecule has 102 valence electrons. The molecule has 2 nitrogen and oxygen atoms in total. The minimum absolute atomic E-state index is 0. The first kappa shape index (κ1) is 15.9. The summed E-state index contributed by atoms with van der Waals surface area (Å²) in [6, 6.07) is 8.04. The molecule has 0 saturated carbocycles. The van der Waals surface area contributed by atoms with E-state index in [0.29, 0.717) is 0 Å². The van der Waals surface area contributed by atoms with E-state index in [1.54, 1.807) is 0 Å². The molecular formula is C13H19Cl3N2. The molecule has 1 heterocycles. The molecule has 0 aromatic heterocycles. The van der Waals surface area contributed by atoms with Crippen LogP contribution < -0.4 is 4.90 Å². The zero-order valence-electron chi connectivity index (χ0n) is 10.5. The number of anilines is 1. The van der Waals surface area contributed by atoms with E-state index in [0.717, 1.165) is 37.6 Å². The molecular weight excluding hydrogens is 291 g/mol. The van der Waals surface area contributed by atoms with Gasteiger partial charge in [-0.15, -0.1) is 24.0 Å². The highest BCUT2D eigenvalue weighted by molar-refractivity contribution is 6.30. The van der Waals surface area contributed by atoms with Gasteiger partial charge < -0.3 is 4.90 Å². The molecule has 1 saturated heterocycles. The van der Waals surface area contributed by atoms with Crippen LogP contribution in [0.4, 0.5) is 5.69 Å². The SMILES string of the molecule is CCC(Cl)N1CCN(c2cccc(Cl)c2)CC1.Cl. The molecule has 0 radical (unpaired) electrons. The van der Waals surface area contributed by atoms with Crippen LogP contribution in [0.2, 0.25) is 5.02 Å². The monoisotopic (exact) mass is 308 g/mol. The van der Waals surface area contributed by atoms with Crippen LogP contribution in [-0.2, 0) is 0 Å². The minimum atomic E-state index is 0. The van der Waals surface area contributed by atoms with Crippen LogP contribution in [0, 0.1) is 0 Å². The third-order valence-electron chi connectivity index (χ3n) is 3.22. The summed E-state index contributed by atoms with van der Waals surface area (Å²) in [6.45, 7) is 6.21. The normalized spacial score (nSPS) is 18.3. The molecule has 1 atom stereocenters. The highest BCUT2D eigenvalue weighted by Gasteiger charge is 2.21. The van der Waals surface area contributed by atoms with Crippen LogP contribution in [0.5, 0.6) is 0 Å². The summed E-state index contributed by atoms with van der Waals surface area (Å²) in [6.07, 6.45) is 0.999. The highest BCUT2D eigenvalue weighted by Crippen LogP contribution is 2.22. The lowest BCUT2D eigenvalue weighted by Crippen LogP contribution is -2.48. The van der Waals surface area contributed by atoms with Crippen LogP contribution in [0.1, 0.15) is 13.3 Å². The van der Waals surface area contributed by atoms with Crippen molar-refractivity contribution >= 4 is 41.3 Å². The Morgan fingerprint density at radius 2 is 1.89 bits per heavy atom. The molecule has 0 aliphatic carbocycles. The van der Waals surface area contributed by atoms with Crippen molar-refractivity contribution in [2.75, 3.05) is 31.1 Å². The van der Waals surface area contributed by atoms with Crippen molar-refractivity contribution in [1.82, 2.24) is 4.90 Å². The zero-order valence-corrected chi connectivity index (χ0v) is 12.8. The van der Waals surface area contributed by atoms with Gasteiger partial charge in [0.05, 0.1) is 5.50 Å². The number of halogens is 3. The summed E-state index contributed by atoms with van der Waals surface area (Å²) in [7, 11) is 0. The first-order valence-corrected chi connectivity index (χ1v) is 6.91. The van der Waals surface area contributed by atoms with E-state index in [1.807, 2.05) is 18.2 Å². The number of hydrogen-bond acceptors (Lipinski definition) is 2. The summed E-state index contributed by atoms with van der Waals surface area (Å²) in [5, 5.41) is 0.800. The third kappa shape index (κ3) is 3.92. The standard InChI is InChI=1S/C13H18Cl2N2.ClH/c1-2-13(15)17-8-6-16(7-9-17)12-5-3-4-11(14)10-12;/h3-5,10,13H,2,6-9H2,1H3;1H. The maximum atomic E-state index is 6.25. The van der Waals surface area contributed by atoms with Gasteiger partial charge in [0, 0.05) is 36.9 Å². The van der Waals surface area contributed by atoms with Crippen LogP contribution in [0.25, 0.3) is 0 Å². The topological polar surface area (TPSA) is 6.48 Å². The van der Waals surface area contributed by atoms with E-state index < -0.39 is 0 Å². The van der Waals surface area contributed by atoms with Gasteiger partial charge in [-0.05, 0) is 24.6 Å². The molecule has 1 fully saturated rings. The van der Waals surface area contributed by atoms with Gasteiger partial charge in [0.1, 0.15) is 0 Å². The lowest BCUT2D eigenvalue weighted by molar-refractivity contribution is 0.233. The van der Waals surface area contributed by atoms with Crippen molar-refractivity contribution in [3.8, 4) is 0 Å². The fourth-order valence-corrected chi connectivity index (χ4v) is 2.57. The number of alkyl halides is 1. The number of benzene rings is 1. The van der Waals surface area contributed by atoms with Crippen LogP contribution in [0.3, 0.4) is 0 Å². The Morgan fingerprint density at radius 3 is 2.44 bits per heavy atom. The summed E-state index contributed by atoms with van der Waals surface area (Å²) >= 11 is 12.3. The molecule has 2 rings (SSSR count). The highest BCUT2D eigenvalue weighted by atomic mass is 35.5. The fourth-order valence-electron chi connectivity index (χ4n) is 2.19. The van der Waals surface area contributed by atoms with Crippen molar-refractivity contribution in [3.05, 3.63) is 29.3 Å². The van der Waals surface area contributed by atoms with E-state index in [4.69, 9.17) is 23.2 Å². The third-order valence-corrected chi connectivity index (χ3v) is 4.04. The van der Waals surface area contributed by atoms with E-state index in [-0.39, 0.29) is 17.9 Å². The number of hydrogen-bond donors (Lipinski definition) is 0. The Hall–Kier alpha value is -0.150. The number of piperazine rings is 1. The Morgan fingerprint density at radius 1 is 1.22 bits per heavy atom. The van der Waals surface area contributed by atoms with Crippen molar-refractivity contribution < 1.29 is 0 Å². The second kappa shape index (κ2) is 7.44. The molecule has 1 unspecified atom stereocenters. The largest absolute Gasteiger partial charge is 0.369 e. The van der Waals surface area contributed by atoms with Gasteiger partial charge in [-0.25, -0.2) is 0 Å². The summed E-state index contributed by atoms with van der Waals surface area (Å²) in [5.74, 6) is 0. The Labute approximate surface area is 125 Å². The summed E-state index contributed by atoms with van der Waals surface area (Å²) < 4.78 is 0. The van der Waals surface area contributed by atoms with E-state index in [2.05, 4.69) is 22.8 Å². The lowest BCUT2D eigenvalue weighted by Gasteiger charge is -2.38. The molecule has 0 amide bonds. The average Bonchev–Trinajstić information content (AvgIpc) is 2.38. The van der Waals surface area contributed by atoms with E-state index in [9.17, 15) is 0 Å². The Balaban J connectivity index is 0.00000162. The van der Waals surface area contributed by atoms with Gasteiger partial charge >= 0.3 is 0 Å². The second-order valence-corrected chi connectivity index (χ2v) is 5.29. The Kier molecular flexibility index (Phi) is 6.58. The van der Waals surface area contributed by atoms with Gasteiger partial charge in [-0.2, -0.15) is 0 Å². The van der Waals surface area contributed by atoms with Crippen LogP contribution >= 0.6 is 35.6 Å². The lowest BCUT2D eigenvalue weighted by atomic mass is 10.2. The van der Waals surface area contributed by atoms with Crippen molar-refractivity contribution in [2.24, 2.45) is 0 Å². The van der Waals surface area contributed by atoms with Gasteiger partial charge in [-0.3, -0.25) is 4.90 Å². The molecule has 0 spiro atoms. The van der Waals surface area contributed by atoms with Gasteiger partial charge in [0.15, 0.2) is 0 Å². The van der Waals surface area contributed by atoms with Crippen molar-refractivity contribution in [3.63, 3.8) is 0 Å². The molecule has 1 aliphatic heterocycles. The fraction of sp³-hybridized carbons (Fsp3) is 0.538. The first-order chi connectivity index (χ1) is 8.20. The predicted molar refractivity (Wildman–Crippen MR) is 82.4 cm³/mol. The molecule has 5 heteroatoms. The maximum Gasteiger partial charge on any atom is 0.0848 e. The molecule has 0 bridgehead atoms. The molecule has 1 aromatic rings. The quantitative estimate of drug-likeness (QED) is 0.618. The smallest absolute Gasteiger partial charge is 0.0848 e. The molecule has 18 heavy (non-hydrogen) atoms. The second-order valence-electron chi connectivity index (χ2n) is 4.35. The zero-order chi connectivity index (χ0) is 12.3. The first-order valence-electron chi connectivity index (χ1n) is 6.09. The van der Waals surface area contributed by atoms with Crippen molar-refractivity contribution in [1.29, 1.82) is 0 Å². The number of nitrogens with zero attached hydrogens (tertiary/aromatic N) is 2. The van der Waals surface area contributed by atoms with Crippen LogP contribution in [-0.4, -0.2) is 36.6 Å². The minimum Gasteiger partial charge on any atom is -0.369 e. The summed E-state index contributed by atoms with van der Waals surface area (Å²) in [4.78, 5) is 4.70. The molecule has 0 N–H and O–H groups in total. The van der Waals surface area contributed by atoms with Gasteiger partial charge in [0.2, 0.25) is 0 Å². The van der Waals surface area contributed by atoms with Gasteiger partial charge in [-0.1, -0.05) is 24.6 Å². The van der Waals surface area contributed by atoms with Crippen LogP contribution in [0.15, 0.2) is 24.3 Å². The predicted octanol–water partition coefficient (Wildman–Crippen LogP) is 3.86. The molecule has 1 aliphatic rings. The van der Waals surface area contributed by atoms with Gasteiger partial charge in [0.25, 0.3) is 0 Å². The van der Waals surface area contributed by atoms with Crippen molar-refractivity contribution in [2.45, 2.75) is 18.8 Å². The van der Waals surface area contributed by atoms with E-state index in [1.165, 1.54) is 5.69 Å². The molecule has 1 aromatic carbocycles. The number of rotatable bonds is 3. The maximum absolute atomic E-state index is 6.25. The average molecular weight is 310 g/mol. The Bertz CT molecular complexity index is 365.